The molecule has 0 saturated carbocycles. The monoisotopic (exact) mass is 288 g/mol. The third-order valence-corrected chi connectivity index (χ3v) is 3.47. The van der Waals surface area contributed by atoms with Crippen LogP contribution in [0.5, 0.6) is 0 Å². The van der Waals surface area contributed by atoms with Gasteiger partial charge < -0.3 is 4.90 Å². The lowest BCUT2D eigenvalue weighted by molar-refractivity contribution is 0.0793. The summed E-state index contributed by atoms with van der Waals surface area (Å²) in [6.45, 7) is 1.53. The van der Waals surface area contributed by atoms with Crippen LogP contribution in [-0.2, 0) is 0 Å². The number of hydrogen-bond acceptors (Lipinski definition) is 2. The molecule has 0 aliphatic carbocycles. The molecule has 3 nitrogen and oxygen atoms in total. The SMILES string of the molecule is O=C(c1ccncc1Cl)N1CCC(Br)C1. The summed E-state index contributed by atoms with van der Waals surface area (Å²) < 4.78 is 0. The van der Waals surface area contributed by atoms with E-state index >= 15 is 0 Å². The highest BCUT2D eigenvalue weighted by atomic mass is 79.9. The summed E-state index contributed by atoms with van der Waals surface area (Å²) in [4.78, 5) is 18.1. The highest BCUT2D eigenvalue weighted by Crippen LogP contribution is 2.21. The predicted octanol–water partition coefficient (Wildman–Crippen LogP) is 2.34. The molecule has 0 aromatic carbocycles. The van der Waals surface area contributed by atoms with Crippen molar-refractivity contribution in [2.24, 2.45) is 0 Å². The number of amides is 1. The lowest BCUT2D eigenvalue weighted by atomic mass is 10.2. The van der Waals surface area contributed by atoms with Gasteiger partial charge in [-0.1, -0.05) is 27.5 Å². The van der Waals surface area contributed by atoms with Gasteiger partial charge in [-0.05, 0) is 12.5 Å². The first-order valence-corrected chi connectivity index (χ1v) is 6.00. The molecule has 80 valence electrons. The number of alkyl halides is 1. The Morgan fingerprint density at radius 1 is 1.67 bits per heavy atom. The van der Waals surface area contributed by atoms with Crippen molar-refractivity contribution in [3.63, 3.8) is 0 Å². The fourth-order valence-corrected chi connectivity index (χ4v) is 2.38. The summed E-state index contributed by atoms with van der Waals surface area (Å²) in [6, 6.07) is 1.66. The Bertz CT molecular complexity index is 385. The standard InChI is InChI=1S/C10H10BrClN2O/c11-7-2-4-14(6-7)10(15)8-1-3-13-5-9(8)12/h1,3,5,7H,2,4,6H2. The van der Waals surface area contributed by atoms with Crippen LogP contribution in [0.3, 0.4) is 0 Å². The minimum Gasteiger partial charge on any atom is -0.337 e. The smallest absolute Gasteiger partial charge is 0.255 e. The number of halogens is 2. The van der Waals surface area contributed by atoms with Gasteiger partial charge in [-0.2, -0.15) is 0 Å². The highest BCUT2D eigenvalue weighted by Gasteiger charge is 2.26. The van der Waals surface area contributed by atoms with Gasteiger partial charge in [-0.25, -0.2) is 0 Å². The van der Waals surface area contributed by atoms with Crippen molar-refractivity contribution >= 4 is 33.4 Å². The van der Waals surface area contributed by atoms with Crippen molar-refractivity contribution < 1.29 is 4.79 Å². The molecule has 5 heteroatoms. The van der Waals surface area contributed by atoms with Gasteiger partial charge in [0, 0.05) is 30.3 Å². The Morgan fingerprint density at radius 2 is 2.47 bits per heavy atom. The van der Waals surface area contributed by atoms with E-state index in [1.165, 1.54) is 6.20 Å². The Balaban J connectivity index is 2.18. The van der Waals surface area contributed by atoms with Gasteiger partial charge >= 0.3 is 0 Å². The summed E-state index contributed by atoms with van der Waals surface area (Å²) >= 11 is 9.41. The van der Waals surface area contributed by atoms with Gasteiger partial charge in [-0.15, -0.1) is 0 Å². The number of likely N-dealkylation sites (tertiary alicyclic amines) is 1. The first kappa shape index (κ1) is 10.9. The number of hydrogen-bond donors (Lipinski definition) is 0. The van der Waals surface area contributed by atoms with Crippen molar-refractivity contribution in [3.05, 3.63) is 29.0 Å². The van der Waals surface area contributed by atoms with E-state index in [1.54, 1.807) is 17.2 Å². The molecule has 1 aliphatic rings. The molecule has 15 heavy (non-hydrogen) atoms. The molecule has 0 N–H and O–H groups in total. The molecular weight excluding hydrogens is 279 g/mol. The van der Waals surface area contributed by atoms with Crippen molar-refractivity contribution in [1.82, 2.24) is 9.88 Å². The Morgan fingerprint density at radius 3 is 3.07 bits per heavy atom. The van der Waals surface area contributed by atoms with Crippen molar-refractivity contribution in [1.29, 1.82) is 0 Å². The van der Waals surface area contributed by atoms with Gasteiger partial charge in [0.15, 0.2) is 0 Å². The second-order valence-electron chi connectivity index (χ2n) is 3.49. The van der Waals surface area contributed by atoms with Gasteiger partial charge in [0.05, 0.1) is 10.6 Å². The normalized spacial score (nSPS) is 20.7. The molecule has 0 spiro atoms. The van der Waals surface area contributed by atoms with Crippen molar-refractivity contribution in [2.75, 3.05) is 13.1 Å². The molecule has 1 aliphatic heterocycles. The van der Waals surface area contributed by atoms with Crippen LogP contribution in [0.15, 0.2) is 18.5 Å². The van der Waals surface area contributed by atoms with Crippen molar-refractivity contribution in [3.8, 4) is 0 Å². The van der Waals surface area contributed by atoms with Gasteiger partial charge in [0.2, 0.25) is 0 Å². The summed E-state index contributed by atoms with van der Waals surface area (Å²) in [7, 11) is 0. The molecule has 1 unspecified atom stereocenters. The Kier molecular flexibility index (Phi) is 3.26. The molecule has 1 atom stereocenters. The molecule has 1 fully saturated rings. The fourth-order valence-electron chi connectivity index (χ4n) is 1.62. The molecule has 2 heterocycles. The van der Waals surface area contributed by atoms with Crippen LogP contribution in [0, 0.1) is 0 Å². The molecule has 0 radical (unpaired) electrons. The quantitative estimate of drug-likeness (QED) is 0.744. The van der Waals surface area contributed by atoms with Crippen LogP contribution in [0.25, 0.3) is 0 Å². The van der Waals surface area contributed by atoms with Crippen molar-refractivity contribution in [2.45, 2.75) is 11.2 Å². The number of pyridine rings is 1. The molecule has 1 amide bonds. The Labute approximate surface area is 102 Å². The van der Waals surface area contributed by atoms with Crippen LogP contribution in [0.2, 0.25) is 5.02 Å². The van der Waals surface area contributed by atoms with E-state index in [2.05, 4.69) is 20.9 Å². The van der Waals surface area contributed by atoms with E-state index in [9.17, 15) is 4.79 Å². The van der Waals surface area contributed by atoms with E-state index in [1.807, 2.05) is 0 Å². The number of carbonyl (C=O) groups is 1. The van der Waals surface area contributed by atoms with Gasteiger partial charge in [-0.3, -0.25) is 9.78 Å². The zero-order valence-electron chi connectivity index (χ0n) is 7.99. The molecule has 1 aromatic rings. The predicted molar refractivity (Wildman–Crippen MR) is 62.5 cm³/mol. The number of rotatable bonds is 1. The topological polar surface area (TPSA) is 33.2 Å². The lowest BCUT2D eigenvalue weighted by Gasteiger charge is -2.15. The van der Waals surface area contributed by atoms with Gasteiger partial charge in [0.1, 0.15) is 0 Å². The summed E-state index contributed by atoms with van der Waals surface area (Å²) in [5, 5.41) is 0.417. The average Bonchev–Trinajstić information content (AvgIpc) is 2.65. The van der Waals surface area contributed by atoms with Crippen LogP contribution >= 0.6 is 27.5 Å². The minimum absolute atomic E-state index is 0.00986. The molecule has 2 rings (SSSR count). The number of aromatic nitrogens is 1. The maximum atomic E-state index is 12.0. The third-order valence-electron chi connectivity index (χ3n) is 2.42. The molecular formula is C10H10BrClN2O. The zero-order valence-corrected chi connectivity index (χ0v) is 10.3. The van der Waals surface area contributed by atoms with Crippen LogP contribution in [0.4, 0.5) is 0 Å². The maximum absolute atomic E-state index is 12.0. The van der Waals surface area contributed by atoms with E-state index in [-0.39, 0.29) is 5.91 Å². The van der Waals surface area contributed by atoms with E-state index in [0.717, 1.165) is 19.5 Å². The first-order chi connectivity index (χ1) is 7.18. The number of nitrogens with zero attached hydrogens (tertiary/aromatic N) is 2. The second-order valence-corrected chi connectivity index (χ2v) is 5.19. The number of carbonyl (C=O) groups excluding carboxylic acids is 1. The fraction of sp³-hybridized carbons (Fsp3) is 0.400. The molecule has 0 bridgehead atoms. The van der Waals surface area contributed by atoms with E-state index < -0.39 is 0 Å². The van der Waals surface area contributed by atoms with Crippen LogP contribution in [-0.4, -0.2) is 33.7 Å². The summed E-state index contributed by atoms with van der Waals surface area (Å²) in [6.07, 6.45) is 4.08. The Hall–Kier alpha value is -0.610. The average molecular weight is 290 g/mol. The largest absolute Gasteiger partial charge is 0.337 e. The zero-order chi connectivity index (χ0) is 10.8. The minimum atomic E-state index is -0.00986. The molecule has 1 saturated heterocycles. The highest BCUT2D eigenvalue weighted by molar-refractivity contribution is 9.09. The maximum Gasteiger partial charge on any atom is 0.255 e. The third kappa shape index (κ3) is 2.32. The molecule has 1 aromatic heterocycles. The van der Waals surface area contributed by atoms with Crippen LogP contribution < -0.4 is 0 Å². The van der Waals surface area contributed by atoms with E-state index in [4.69, 9.17) is 11.6 Å². The summed E-state index contributed by atoms with van der Waals surface area (Å²) in [5.41, 5.74) is 0.535. The lowest BCUT2D eigenvalue weighted by Crippen LogP contribution is -2.29. The second kappa shape index (κ2) is 4.49. The van der Waals surface area contributed by atoms with E-state index in [0.29, 0.717) is 15.4 Å². The first-order valence-electron chi connectivity index (χ1n) is 4.71. The van der Waals surface area contributed by atoms with Gasteiger partial charge in [0.25, 0.3) is 5.91 Å². The van der Waals surface area contributed by atoms with Crippen LogP contribution in [0.1, 0.15) is 16.8 Å². The summed E-state index contributed by atoms with van der Waals surface area (Å²) in [5.74, 6) is -0.00986.